The Balaban J connectivity index is 1.02. The van der Waals surface area contributed by atoms with Crippen molar-refractivity contribution in [1.82, 2.24) is 14.8 Å². The predicted octanol–water partition coefficient (Wildman–Crippen LogP) is 8.96. The van der Waals surface area contributed by atoms with E-state index in [0.29, 0.717) is 46.1 Å². The van der Waals surface area contributed by atoms with Crippen LogP contribution in [0.1, 0.15) is 78.2 Å². The summed E-state index contributed by atoms with van der Waals surface area (Å²) >= 11 is 6.54. The number of benzene rings is 3. The van der Waals surface area contributed by atoms with Crippen molar-refractivity contribution in [1.29, 1.82) is 5.26 Å². The van der Waals surface area contributed by atoms with Gasteiger partial charge in [-0.05, 0) is 113 Å². The Morgan fingerprint density at radius 2 is 1.64 bits per heavy atom. The second kappa shape index (κ2) is 17.1. The van der Waals surface area contributed by atoms with Crippen LogP contribution in [0.4, 0.5) is 4.79 Å². The second-order valence-electron chi connectivity index (χ2n) is 15.6. The summed E-state index contributed by atoms with van der Waals surface area (Å²) < 4.78 is 24.0. The van der Waals surface area contributed by atoms with Crippen molar-refractivity contribution in [3.8, 4) is 34.4 Å². The molecule has 288 valence electrons. The number of nitriles is 1. The van der Waals surface area contributed by atoms with Crippen LogP contribution in [0.5, 0.6) is 17.2 Å². The zero-order chi connectivity index (χ0) is 39.2. The van der Waals surface area contributed by atoms with Crippen LogP contribution in [0.2, 0.25) is 5.02 Å². The first-order chi connectivity index (χ1) is 26.4. The van der Waals surface area contributed by atoms with Gasteiger partial charge in [0.1, 0.15) is 42.1 Å². The summed E-state index contributed by atoms with van der Waals surface area (Å²) in [6.07, 6.45) is 6.71. The quantitative estimate of drug-likeness (QED) is 0.0972. The standard InChI is InChI=1S/C44H49ClN4O6/c1-30-34(27-54-41-21-40(35(25-50)20-38(41)45)53-26-33-19-32(22-46)23-47-24-33)9-6-10-36(30)37-11-7-12-39(31(37)2)52-18-8-15-48-16-13-44(14-17-48)28-49(29-44)42(51)55-43(3,4)5/h6-7,9-12,19-21,23-25H,8,13-18,26-29H2,1-5H3. The van der Waals surface area contributed by atoms with E-state index in [0.717, 1.165) is 85.6 Å². The first kappa shape index (κ1) is 39.6. The number of carbonyl (C=O) groups is 2. The highest BCUT2D eigenvalue weighted by atomic mass is 35.5. The molecule has 2 fully saturated rings. The molecule has 6 rings (SSSR count). The van der Waals surface area contributed by atoms with E-state index in [9.17, 15) is 14.9 Å². The number of ether oxygens (including phenoxy) is 4. The lowest BCUT2D eigenvalue weighted by Gasteiger charge is -2.53. The number of nitrogens with zero attached hydrogens (tertiary/aromatic N) is 4. The van der Waals surface area contributed by atoms with Gasteiger partial charge in [0.2, 0.25) is 0 Å². The minimum atomic E-state index is -0.466. The number of aromatic nitrogens is 1. The average Bonchev–Trinajstić information content (AvgIpc) is 3.15. The lowest BCUT2D eigenvalue weighted by Crippen LogP contribution is -2.62. The maximum atomic E-state index is 12.4. The number of likely N-dealkylation sites (tertiary alicyclic amines) is 2. The molecule has 0 saturated carbocycles. The predicted molar refractivity (Wildman–Crippen MR) is 212 cm³/mol. The van der Waals surface area contributed by atoms with Crippen LogP contribution in [-0.4, -0.2) is 72.1 Å². The fraction of sp³-hybridized carbons (Fsp3) is 0.409. The van der Waals surface area contributed by atoms with E-state index in [4.69, 9.17) is 30.5 Å². The van der Waals surface area contributed by atoms with E-state index < -0.39 is 5.60 Å². The monoisotopic (exact) mass is 764 g/mol. The van der Waals surface area contributed by atoms with Crippen LogP contribution in [0.25, 0.3) is 11.1 Å². The summed E-state index contributed by atoms with van der Waals surface area (Å²) in [5.41, 5.74) is 6.51. The molecule has 0 N–H and O–H groups in total. The molecule has 55 heavy (non-hydrogen) atoms. The third-order valence-electron chi connectivity index (χ3n) is 10.4. The Labute approximate surface area is 328 Å². The molecule has 0 radical (unpaired) electrons. The summed E-state index contributed by atoms with van der Waals surface area (Å²) in [6.45, 7) is 15.5. The van der Waals surface area contributed by atoms with Gasteiger partial charge in [-0.3, -0.25) is 9.78 Å². The third kappa shape index (κ3) is 9.77. The largest absolute Gasteiger partial charge is 0.493 e. The first-order valence-electron chi connectivity index (χ1n) is 18.8. The molecule has 1 aromatic heterocycles. The minimum absolute atomic E-state index is 0.117. The van der Waals surface area contributed by atoms with Crippen LogP contribution in [0.15, 0.2) is 67.0 Å². The molecule has 0 atom stereocenters. The van der Waals surface area contributed by atoms with E-state index in [-0.39, 0.29) is 24.7 Å². The topological polar surface area (TPSA) is 114 Å². The van der Waals surface area contributed by atoms with Gasteiger partial charge in [-0.1, -0.05) is 41.9 Å². The van der Waals surface area contributed by atoms with E-state index in [1.807, 2.05) is 49.9 Å². The molecule has 3 heterocycles. The molecule has 4 aromatic rings. The number of amides is 1. The van der Waals surface area contributed by atoms with E-state index in [1.54, 1.807) is 18.3 Å². The van der Waals surface area contributed by atoms with Gasteiger partial charge in [-0.2, -0.15) is 5.26 Å². The summed E-state index contributed by atoms with van der Waals surface area (Å²) in [6, 6.07) is 19.2. The van der Waals surface area contributed by atoms with Crippen LogP contribution in [-0.2, 0) is 18.0 Å². The third-order valence-corrected chi connectivity index (χ3v) is 10.7. The molecule has 2 saturated heterocycles. The molecule has 11 heteroatoms. The second-order valence-corrected chi connectivity index (χ2v) is 16.0. The van der Waals surface area contributed by atoms with E-state index in [1.165, 1.54) is 12.3 Å². The summed E-state index contributed by atoms with van der Waals surface area (Å²) in [5.74, 6) is 1.58. The molecular formula is C44H49ClN4O6. The highest BCUT2D eigenvalue weighted by Gasteiger charge is 2.47. The number of piperidine rings is 1. The molecule has 1 spiro atoms. The summed E-state index contributed by atoms with van der Waals surface area (Å²) in [5, 5.41) is 9.48. The average molecular weight is 765 g/mol. The molecule has 3 aromatic carbocycles. The Bertz CT molecular complexity index is 2060. The van der Waals surface area contributed by atoms with Crippen LogP contribution < -0.4 is 14.2 Å². The lowest BCUT2D eigenvalue weighted by molar-refractivity contribution is -0.0594. The van der Waals surface area contributed by atoms with Gasteiger partial charge in [-0.15, -0.1) is 0 Å². The van der Waals surface area contributed by atoms with E-state index in [2.05, 4.69) is 41.9 Å². The van der Waals surface area contributed by atoms with Crippen molar-refractivity contribution in [3.05, 3.63) is 105 Å². The Kier molecular flexibility index (Phi) is 12.3. The maximum absolute atomic E-state index is 12.4. The SMILES string of the molecule is Cc1c(COc2cc(OCc3cncc(C#N)c3)c(C=O)cc2Cl)cccc1-c1cccc(OCCCN2CCC3(CC2)CN(C(=O)OC(C)(C)C)C3)c1C. The smallest absolute Gasteiger partial charge is 0.410 e. The molecule has 0 unspecified atom stereocenters. The number of rotatable bonds is 13. The number of aldehydes is 1. The Morgan fingerprint density at radius 1 is 0.927 bits per heavy atom. The molecule has 10 nitrogen and oxygen atoms in total. The van der Waals surface area contributed by atoms with Gasteiger partial charge in [-0.25, -0.2) is 4.79 Å². The van der Waals surface area contributed by atoms with Crippen molar-refractivity contribution in [2.75, 3.05) is 39.3 Å². The number of pyridine rings is 1. The molecule has 0 bridgehead atoms. The number of hydrogen-bond donors (Lipinski definition) is 0. The first-order valence-corrected chi connectivity index (χ1v) is 19.1. The normalized spacial score (nSPS) is 15.2. The number of halogens is 1. The fourth-order valence-electron chi connectivity index (χ4n) is 7.27. The van der Waals surface area contributed by atoms with Crippen molar-refractivity contribution in [2.24, 2.45) is 5.41 Å². The zero-order valence-corrected chi connectivity index (χ0v) is 33.1. The van der Waals surface area contributed by atoms with Crippen LogP contribution in [0, 0.1) is 30.6 Å². The summed E-state index contributed by atoms with van der Waals surface area (Å²) in [7, 11) is 0. The van der Waals surface area contributed by atoms with Gasteiger partial charge < -0.3 is 28.7 Å². The molecular weight excluding hydrogens is 716 g/mol. The molecule has 1 amide bonds. The number of hydrogen-bond acceptors (Lipinski definition) is 9. The van der Waals surface area contributed by atoms with Gasteiger partial charge in [0, 0.05) is 49.1 Å². The maximum Gasteiger partial charge on any atom is 0.410 e. The van der Waals surface area contributed by atoms with Crippen LogP contribution >= 0.6 is 11.6 Å². The van der Waals surface area contributed by atoms with Gasteiger partial charge in [0.05, 0.1) is 22.8 Å². The van der Waals surface area contributed by atoms with Gasteiger partial charge >= 0.3 is 6.09 Å². The van der Waals surface area contributed by atoms with Crippen molar-refractivity contribution in [2.45, 2.75) is 72.7 Å². The highest BCUT2D eigenvalue weighted by Crippen LogP contribution is 2.41. The lowest BCUT2D eigenvalue weighted by atomic mass is 9.72. The Morgan fingerprint density at radius 3 is 2.35 bits per heavy atom. The molecule has 0 aliphatic carbocycles. The van der Waals surface area contributed by atoms with Crippen LogP contribution in [0.3, 0.4) is 0 Å². The van der Waals surface area contributed by atoms with Crippen molar-refractivity contribution < 1.29 is 28.5 Å². The summed E-state index contributed by atoms with van der Waals surface area (Å²) in [4.78, 5) is 32.6. The van der Waals surface area contributed by atoms with E-state index >= 15 is 0 Å². The number of carbonyl (C=O) groups excluding carboxylic acids is 2. The Hall–Kier alpha value is -5.11. The molecule has 2 aliphatic heterocycles. The van der Waals surface area contributed by atoms with Gasteiger partial charge in [0.15, 0.2) is 6.29 Å². The fourth-order valence-corrected chi connectivity index (χ4v) is 7.50. The van der Waals surface area contributed by atoms with Gasteiger partial charge in [0.25, 0.3) is 0 Å². The van der Waals surface area contributed by atoms with Crippen molar-refractivity contribution >= 4 is 24.0 Å². The van der Waals surface area contributed by atoms with Crippen molar-refractivity contribution in [3.63, 3.8) is 0 Å². The minimum Gasteiger partial charge on any atom is -0.493 e. The highest BCUT2D eigenvalue weighted by molar-refractivity contribution is 6.32. The molecule has 2 aliphatic rings. The zero-order valence-electron chi connectivity index (χ0n) is 32.3.